The van der Waals surface area contributed by atoms with Crippen LogP contribution < -0.4 is 24.8 Å². The molecule has 8 heteroatoms. The summed E-state index contributed by atoms with van der Waals surface area (Å²) in [5.41, 5.74) is 0.796. The predicted molar refractivity (Wildman–Crippen MR) is 106 cm³/mol. The van der Waals surface area contributed by atoms with Gasteiger partial charge in [-0.05, 0) is 13.8 Å². The van der Waals surface area contributed by atoms with Gasteiger partial charge in [0.25, 0.3) is 0 Å². The molecule has 7 nitrogen and oxygen atoms in total. The summed E-state index contributed by atoms with van der Waals surface area (Å²) < 4.78 is 16.1. The zero-order valence-electron chi connectivity index (χ0n) is 15.9. The van der Waals surface area contributed by atoms with Crippen molar-refractivity contribution in [3.8, 4) is 17.2 Å². The highest BCUT2D eigenvalue weighted by molar-refractivity contribution is 7.11. The van der Waals surface area contributed by atoms with Gasteiger partial charge in [-0.25, -0.2) is 4.98 Å². The van der Waals surface area contributed by atoms with E-state index < -0.39 is 0 Å². The number of nitrogens with zero attached hydrogens (tertiary/aromatic N) is 2. The van der Waals surface area contributed by atoms with Crippen molar-refractivity contribution >= 4 is 23.0 Å². The molecule has 2 aromatic rings. The molecule has 0 aliphatic heterocycles. The lowest BCUT2D eigenvalue weighted by molar-refractivity contribution is 0.324. The minimum absolute atomic E-state index is 0.557. The molecule has 0 bridgehead atoms. The van der Waals surface area contributed by atoms with E-state index in [0.29, 0.717) is 29.8 Å². The van der Waals surface area contributed by atoms with E-state index in [0.717, 1.165) is 23.7 Å². The van der Waals surface area contributed by atoms with Gasteiger partial charge in [-0.2, -0.15) is 0 Å². The summed E-state index contributed by atoms with van der Waals surface area (Å²) in [6.07, 6.45) is 2.70. The van der Waals surface area contributed by atoms with Gasteiger partial charge >= 0.3 is 0 Å². The molecule has 2 rings (SSSR count). The van der Waals surface area contributed by atoms with Gasteiger partial charge in [-0.1, -0.05) is 0 Å². The van der Waals surface area contributed by atoms with E-state index in [-0.39, 0.29) is 0 Å². The second kappa shape index (κ2) is 9.86. The van der Waals surface area contributed by atoms with E-state index in [1.54, 1.807) is 32.7 Å². The first-order valence-electron chi connectivity index (χ1n) is 8.37. The number of anilines is 1. The predicted octanol–water partition coefficient (Wildman–Crippen LogP) is 3.10. The minimum atomic E-state index is 0.557. The van der Waals surface area contributed by atoms with E-state index in [9.17, 15) is 0 Å². The number of guanidine groups is 1. The standard InChI is InChI=1S/C18H26N4O3S/c1-6-19-18(20-8-7-16-21-11-12(2)26-16)22-13-9-14(23-3)17(25-5)15(10-13)24-4/h9-11H,6-8H2,1-5H3,(H2,19,20,22). The Kier molecular flexibility index (Phi) is 7.53. The number of aryl methyl sites for hydroxylation is 1. The zero-order valence-corrected chi connectivity index (χ0v) is 16.7. The molecule has 0 aliphatic rings. The van der Waals surface area contributed by atoms with Crippen molar-refractivity contribution in [2.45, 2.75) is 20.3 Å². The summed E-state index contributed by atoms with van der Waals surface area (Å²) in [6, 6.07) is 3.69. The number of aromatic nitrogens is 1. The Morgan fingerprint density at radius 1 is 1.15 bits per heavy atom. The summed E-state index contributed by atoms with van der Waals surface area (Å²) in [5.74, 6) is 2.42. The fraction of sp³-hybridized carbons (Fsp3) is 0.444. The molecule has 0 saturated carbocycles. The molecule has 0 amide bonds. The van der Waals surface area contributed by atoms with Crippen molar-refractivity contribution in [2.75, 3.05) is 39.7 Å². The number of methoxy groups -OCH3 is 3. The Balaban J connectivity index is 2.14. The van der Waals surface area contributed by atoms with Crippen molar-refractivity contribution in [3.63, 3.8) is 0 Å². The normalized spacial score (nSPS) is 11.2. The molecule has 26 heavy (non-hydrogen) atoms. The van der Waals surface area contributed by atoms with E-state index in [4.69, 9.17) is 14.2 Å². The molecule has 0 radical (unpaired) electrons. The van der Waals surface area contributed by atoms with Gasteiger partial charge in [0.15, 0.2) is 17.5 Å². The van der Waals surface area contributed by atoms with E-state index in [1.807, 2.05) is 25.3 Å². The fourth-order valence-corrected chi connectivity index (χ4v) is 3.15. The first-order valence-corrected chi connectivity index (χ1v) is 9.19. The largest absolute Gasteiger partial charge is 0.493 e. The highest BCUT2D eigenvalue weighted by Gasteiger charge is 2.14. The Labute approximate surface area is 158 Å². The maximum Gasteiger partial charge on any atom is 0.203 e. The first-order chi connectivity index (χ1) is 12.6. The number of rotatable bonds is 8. The first kappa shape index (κ1) is 19.8. The highest BCUT2D eigenvalue weighted by atomic mass is 32.1. The molecule has 2 N–H and O–H groups in total. The molecular formula is C18H26N4O3S. The van der Waals surface area contributed by atoms with Crippen LogP contribution in [0.2, 0.25) is 0 Å². The average molecular weight is 378 g/mol. The van der Waals surface area contributed by atoms with Crippen LogP contribution in [0.4, 0.5) is 5.69 Å². The number of thiazole rings is 1. The number of hydrogen-bond donors (Lipinski definition) is 2. The van der Waals surface area contributed by atoms with Crippen LogP contribution in [0.1, 0.15) is 16.8 Å². The lowest BCUT2D eigenvalue weighted by atomic mass is 10.2. The highest BCUT2D eigenvalue weighted by Crippen LogP contribution is 2.39. The summed E-state index contributed by atoms with van der Waals surface area (Å²) >= 11 is 1.70. The van der Waals surface area contributed by atoms with Gasteiger partial charge in [0.05, 0.1) is 26.3 Å². The van der Waals surface area contributed by atoms with E-state index in [1.165, 1.54) is 4.88 Å². The topological polar surface area (TPSA) is 77.0 Å². The quantitative estimate of drug-likeness (QED) is 0.543. The monoisotopic (exact) mass is 378 g/mol. The Morgan fingerprint density at radius 2 is 1.85 bits per heavy atom. The fourth-order valence-electron chi connectivity index (χ4n) is 2.38. The van der Waals surface area contributed by atoms with Crippen LogP contribution in [-0.4, -0.2) is 45.4 Å². The molecule has 0 aliphatic carbocycles. The summed E-state index contributed by atoms with van der Waals surface area (Å²) in [6.45, 7) is 5.48. The summed E-state index contributed by atoms with van der Waals surface area (Å²) in [5, 5.41) is 7.61. The number of nitrogens with one attached hydrogen (secondary N) is 2. The zero-order chi connectivity index (χ0) is 18.9. The molecule has 0 unspecified atom stereocenters. The third kappa shape index (κ3) is 5.26. The molecule has 1 heterocycles. The minimum Gasteiger partial charge on any atom is -0.493 e. The second-order valence-corrected chi connectivity index (χ2v) is 6.73. The lowest BCUT2D eigenvalue weighted by Crippen LogP contribution is -2.31. The molecule has 0 saturated heterocycles. The molecule has 0 atom stereocenters. The molecular weight excluding hydrogens is 352 g/mol. The lowest BCUT2D eigenvalue weighted by Gasteiger charge is -2.16. The number of ether oxygens (including phenoxy) is 3. The molecule has 1 aromatic carbocycles. The van der Waals surface area contributed by atoms with Crippen LogP contribution in [0, 0.1) is 6.92 Å². The number of aliphatic imine (C=N–C) groups is 1. The van der Waals surface area contributed by atoms with Gasteiger partial charge in [-0.3, -0.25) is 4.99 Å². The van der Waals surface area contributed by atoms with Crippen molar-refractivity contribution < 1.29 is 14.2 Å². The Hall–Kier alpha value is -2.48. The number of hydrogen-bond acceptors (Lipinski definition) is 6. The van der Waals surface area contributed by atoms with Crippen LogP contribution in [0.15, 0.2) is 23.3 Å². The van der Waals surface area contributed by atoms with Crippen LogP contribution in [0.3, 0.4) is 0 Å². The smallest absolute Gasteiger partial charge is 0.203 e. The van der Waals surface area contributed by atoms with Gasteiger partial charge in [-0.15, -0.1) is 11.3 Å². The maximum absolute atomic E-state index is 5.39. The van der Waals surface area contributed by atoms with Crippen LogP contribution >= 0.6 is 11.3 Å². The SMILES string of the molecule is CCNC(=NCCc1ncc(C)s1)Nc1cc(OC)c(OC)c(OC)c1. The van der Waals surface area contributed by atoms with Crippen molar-refractivity contribution in [1.29, 1.82) is 0 Å². The maximum atomic E-state index is 5.39. The summed E-state index contributed by atoms with van der Waals surface area (Å²) in [4.78, 5) is 10.2. The third-order valence-corrected chi connectivity index (χ3v) is 4.51. The molecule has 142 valence electrons. The van der Waals surface area contributed by atoms with Crippen molar-refractivity contribution in [2.24, 2.45) is 4.99 Å². The Bertz CT molecular complexity index is 721. The van der Waals surface area contributed by atoms with Crippen LogP contribution in [-0.2, 0) is 6.42 Å². The van der Waals surface area contributed by atoms with E-state index in [2.05, 4.69) is 27.5 Å². The second-order valence-electron chi connectivity index (χ2n) is 5.41. The van der Waals surface area contributed by atoms with Gasteiger partial charge in [0.2, 0.25) is 5.75 Å². The van der Waals surface area contributed by atoms with Gasteiger partial charge in [0.1, 0.15) is 0 Å². The Morgan fingerprint density at radius 3 is 2.35 bits per heavy atom. The van der Waals surface area contributed by atoms with Crippen LogP contribution in [0.5, 0.6) is 17.2 Å². The van der Waals surface area contributed by atoms with Gasteiger partial charge < -0.3 is 24.8 Å². The number of benzene rings is 1. The summed E-state index contributed by atoms with van der Waals surface area (Å²) in [7, 11) is 4.77. The van der Waals surface area contributed by atoms with Gasteiger partial charge in [0, 0.05) is 48.4 Å². The van der Waals surface area contributed by atoms with Crippen molar-refractivity contribution in [3.05, 3.63) is 28.2 Å². The molecule has 1 aromatic heterocycles. The average Bonchev–Trinajstić information content (AvgIpc) is 3.06. The molecule has 0 spiro atoms. The molecule has 0 fully saturated rings. The third-order valence-electron chi connectivity index (χ3n) is 3.54. The van der Waals surface area contributed by atoms with Crippen LogP contribution in [0.25, 0.3) is 0 Å². The van der Waals surface area contributed by atoms with Crippen molar-refractivity contribution in [1.82, 2.24) is 10.3 Å². The van der Waals surface area contributed by atoms with E-state index >= 15 is 0 Å².